The van der Waals surface area contributed by atoms with Crippen molar-refractivity contribution in [3.8, 4) is 0 Å². The number of primary amides is 1. The van der Waals surface area contributed by atoms with E-state index in [2.05, 4.69) is 21.1 Å². The van der Waals surface area contributed by atoms with Crippen molar-refractivity contribution in [2.75, 3.05) is 6.61 Å². The quantitative estimate of drug-likeness (QED) is 0.454. The Morgan fingerprint density at radius 3 is 2.30 bits per heavy atom. The van der Waals surface area contributed by atoms with Gasteiger partial charge in [0.25, 0.3) is 0 Å². The van der Waals surface area contributed by atoms with Gasteiger partial charge in [-0.1, -0.05) is 0 Å². The van der Waals surface area contributed by atoms with Crippen molar-refractivity contribution in [1.82, 2.24) is 0 Å². The molecule has 0 aliphatic heterocycles. The summed E-state index contributed by atoms with van der Waals surface area (Å²) < 4.78 is 23.6. The third-order valence-corrected chi connectivity index (χ3v) is 1.04. The van der Waals surface area contributed by atoms with E-state index in [0.29, 0.717) is 0 Å². The Morgan fingerprint density at radius 2 is 2.20 bits per heavy atom. The largest absolute Gasteiger partial charge is 1.00 e. The maximum absolute atomic E-state index is 9.92. The second kappa shape index (κ2) is 5.42. The summed E-state index contributed by atoms with van der Waals surface area (Å²) in [4.78, 5) is 9.83. The first-order valence-electron chi connectivity index (χ1n) is 1.80. The van der Waals surface area contributed by atoms with Gasteiger partial charge in [0.1, 0.15) is 6.61 Å². The molecule has 0 saturated heterocycles. The van der Waals surface area contributed by atoms with Crippen LogP contribution in [0.15, 0.2) is 0 Å². The number of nitrogens with two attached hydrogens (primary N) is 1. The van der Waals surface area contributed by atoms with Gasteiger partial charge in [-0.2, -0.15) is 0 Å². The Labute approximate surface area is 85.3 Å². The summed E-state index contributed by atoms with van der Waals surface area (Å²) in [5.41, 5.74) is 4.52. The predicted octanol–water partition coefficient (Wildman–Crippen LogP) is -4.72. The summed E-state index contributed by atoms with van der Waals surface area (Å²) in [7, 11) is -3.94. The molecule has 0 aromatic rings. The van der Waals surface area contributed by atoms with Crippen molar-refractivity contribution in [3.63, 3.8) is 0 Å². The van der Waals surface area contributed by atoms with Crippen LogP contribution in [0.25, 0.3) is 0 Å². The smallest absolute Gasteiger partial charge is 0.748 e. The van der Waals surface area contributed by atoms with Crippen molar-refractivity contribution in [1.29, 1.82) is 0 Å². The van der Waals surface area contributed by atoms with Crippen LogP contribution in [0.5, 0.6) is 0 Å². The number of amides is 1. The van der Waals surface area contributed by atoms with Crippen LogP contribution >= 0.6 is 0 Å². The number of hydrogen-bond acceptors (Lipinski definition) is 5. The number of hydrogen-bond donors (Lipinski definition) is 1. The first kappa shape index (κ1) is 13.4. The SMILES string of the molecule is NC(=O)COS(=O)([O-])=S.[Na+]. The van der Waals surface area contributed by atoms with E-state index < -0.39 is 21.6 Å². The van der Waals surface area contributed by atoms with Gasteiger partial charge >= 0.3 is 29.6 Å². The molecule has 0 rings (SSSR count). The van der Waals surface area contributed by atoms with Gasteiger partial charge in [-0.3, -0.25) is 8.98 Å². The number of carbonyl (C=O) groups excluding carboxylic acids is 1. The average molecular weight is 193 g/mol. The first-order valence-corrected chi connectivity index (χ1v) is 4.14. The third kappa shape index (κ3) is 11.5. The second-order valence-electron chi connectivity index (χ2n) is 1.14. The molecule has 10 heavy (non-hydrogen) atoms. The topological polar surface area (TPSA) is 92.5 Å². The van der Waals surface area contributed by atoms with Crippen molar-refractivity contribution >= 4 is 26.1 Å². The van der Waals surface area contributed by atoms with Gasteiger partial charge in [0.15, 0.2) is 0 Å². The van der Waals surface area contributed by atoms with E-state index >= 15 is 0 Å². The molecule has 54 valence electrons. The summed E-state index contributed by atoms with van der Waals surface area (Å²) in [6.07, 6.45) is 0. The summed E-state index contributed by atoms with van der Waals surface area (Å²) in [5, 5.41) is 0. The zero-order valence-electron chi connectivity index (χ0n) is 5.23. The van der Waals surface area contributed by atoms with Crippen LogP contribution in [0.1, 0.15) is 0 Å². The summed E-state index contributed by atoms with van der Waals surface area (Å²) in [6.45, 7) is -0.689. The van der Waals surface area contributed by atoms with Gasteiger partial charge < -0.3 is 10.3 Å². The molecule has 0 radical (unpaired) electrons. The summed E-state index contributed by atoms with van der Waals surface area (Å²) >= 11 is 3.75. The van der Waals surface area contributed by atoms with Crippen LogP contribution < -0.4 is 35.3 Å². The molecule has 0 heterocycles. The van der Waals surface area contributed by atoms with E-state index in [9.17, 15) is 13.6 Å². The molecule has 0 aromatic heterocycles. The van der Waals surface area contributed by atoms with E-state index in [4.69, 9.17) is 0 Å². The molecule has 0 aromatic carbocycles. The van der Waals surface area contributed by atoms with Gasteiger partial charge in [0.2, 0.25) is 5.91 Å². The Morgan fingerprint density at radius 1 is 1.80 bits per heavy atom. The molecule has 8 heteroatoms. The van der Waals surface area contributed by atoms with E-state index in [1.165, 1.54) is 0 Å². The van der Waals surface area contributed by atoms with Crippen LogP contribution in [0, 0.1) is 0 Å². The minimum absolute atomic E-state index is 0. The minimum atomic E-state index is -3.94. The fraction of sp³-hybridized carbons (Fsp3) is 0.500. The fourth-order valence-corrected chi connectivity index (χ4v) is 0.535. The normalized spacial score (nSPS) is 14.9. The monoisotopic (exact) mass is 193 g/mol. The molecule has 1 amide bonds. The van der Waals surface area contributed by atoms with Crippen LogP contribution in [0.2, 0.25) is 0 Å². The zero-order valence-corrected chi connectivity index (χ0v) is 8.87. The van der Waals surface area contributed by atoms with Crippen molar-refractivity contribution in [3.05, 3.63) is 0 Å². The standard InChI is InChI=1S/C2H5NO4S2.Na/c3-2(4)1-7-9(5,6)8;/h1H2,(H2,3,4)(H,5,6,8);/q;+1/p-1. The molecule has 0 aliphatic carbocycles. The van der Waals surface area contributed by atoms with Crippen LogP contribution in [-0.2, 0) is 29.2 Å². The van der Waals surface area contributed by atoms with E-state index in [1.54, 1.807) is 0 Å². The van der Waals surface area contributed by atoms with Crippen LogP contribution in [0.4, 0.5) is 0 Å². The van der Waals surface area contributed by atoms with Crippen LogP contribution in [-0.4, -0.2) is 21.3 Å². The van der Waals surface area contributed by atoms with Gasteiger partial charge in [0, 0.05) is 0 Å². The third-order valence-electron chi connectivity index (χ3n) is 0.346. The second-order valence-corrected chi connectivity index (χ2v) is 3.41. The van der Waals surface area contributed by atoms with E-state index in [1.807, 2.05) is 0 Å². The van der Waals surface area contributed by atoms with Crippen molar-refractivity contribution < 1.29 is 47.3 Å². The average Bonchev–Trinajstić information content (AvgIpc) is 1.59. The fourth-order valence-electron chi connectivity index (χ4n) is 0.130. The molecule has 0 aliphatic rings. The Balaban J connectivity index is 0. The Bertz CT molecular complexity index is 199. The predicted molar refractivity (Wildman–Crippen MR) is 31.4 cm³/mol. The summed E-state index contributed by atoms with van der Waals surface area (Å²) in [5.74, 6) is -0.872. The Kier molecular flexibility index (Phi) is 7.23. The molecular formula is C2H4NNaO4S2. The summed E-state index contributed by atoms with van der Waals surface area (Å²) in [6, 6.07) is 0. The molecule has 2 N–H and O–H groups in total. The van der Waals surface area contributed by atoms with Crippen molar-refractivity contribution in [2.45, 2.75) is 0 Å². The number of rotatable bonds is 3. The zero-order chi connectivity index (χ0) is 7.49. The molecule has 0 saturated carbocycles. The molecule has 0 fully saturated rings. The van der Waals surface area contributed by atoms with Gasteiger partial charge in [0.05, 0.1) is 9.05 Å². The molecule has 1 atom stereocenters. The molecule has 0 bridgehead atoms. The van der Waals surface area contributed by atoms with Gasteiger partial charge in [-0.05, 0) is 11.2 Å². The van der Waals surface area contributed by atoms with Gasteiger partial charge in [-0.15, -0.1) is 0 Å². The van der Waals surface area contributed by atoms with Crippen molar-refractivity contribution in [2.24, 2.45) is 5.73 Å². The van der Waals surface area contributed by atoms with E-state index in [0.717, 1.165) is 0 Å². The van der Waals surface area contributed by atoms with E-state index in [-0.39, 0.29) is 29.6 Å². The maximum Gasteiger partial charge on any atom is 1.00 e. The minimum Gasteiger partial charge on any atom is -0.748 e. The van der Waals surface area contributed by atoms with Crippen LogP contribution in [0.3, 0.4) is 0 Å². The van der Waals surface area contributed by atoms with Gasteiger partial charge in [-0.25, -0.2) is 4.21 Å². The number of carbonyl (C=O) groups is 1. The molecule has 1 unspecified atom stereocenters. The molecule has 0 spiro atoms. The maximum atomic E-state index is 9.92. The Hall–Kier alpha value is 0.760. The molecule has 5 nitrogen and oxygen atoms in total. The first-order chi connectivity index (χ1) is 3.92. The molecular weight excluding hydrogens is 189 g/mol.